The Morgan fingerprint density at radius 2 is 1.96 bits per heavy atom. The van der Waals surface area contributed by atoms with E-state index in [4.69, 9.17) is 16.3 Å². The number of anilines is 1. The largest absolute Gasteiger partial charge is 0.497 e. The molecule has 0 radical (unpaired) electrons. The summed E-state index contributed by atoms with van der Waals surface area (Å²) in [4.78, 5) is 12.4. The number of ether oxygens (including phenoxy) is 1. The molecule has 0 aliphatic carbocycles. The van der Waals surface area contributed by atoms with Crippen LogP contribution < -0.4 is 10.1 Å². The highest BCUT2D eigenvalue weighted by Gasteiger charge is 2.20. The Morgan fingerprint density at radius 3 is 2.65 bits per heavy atom. The van der Waals surface area contributed by atoms with E-state index in [1.807, 2.05) is 30.3 Å². The number of thioether (sulfide) groups is 1. The van der Waals surface area contributed by atoms with Crippen LogP contribution in [0.25, 0.3) is 5.69 Å². The van der Waals surface area contributed by atoms with Crippen LogP contribution in [0, 0.1) is 0 Å². The van der Waals surface area contributed by atoms with E-state index in [-0.39, 0.29) is 5.91 Å². The molecule has 3 aromatic rings. The third-order valence-corrected chi connectivity index (χ3v) is 4.90. The summed E-state index contributed by atoms with van der Waals surface area (Å²) < 4.78 is 6.72. The van der Waals surface area contributed by atoms with Gasteiger partial charge in [-0.15, -0.1) is 5.10 Å². The van der Waals surface area contributed by atoms with Gasteiger partial charge in [0.15, 0.2) is 0 Å². The van der Waals surface area contributed by atoms with Crippen LogP contribution in [-0.2, 0) is 4.79 Å². The van der Waals surface area contributed by atoms with Crippen LogP contribution in [0.3, 0.4) is 0 Å². The Kier molecular flexibility index (Phi) is 5.75. The van der Waals surface area contributed by atoms with E-state index in [0.29, 0.717) is 15.9 Å². The van der Waals surface area contributed by atoms with Crippen molar-refractivity contribution < 1.29 is 9.53 Å². The molecule has 7 nitrogen and oxygen atoms in total. The third-order valence-electron chi connectivity index (χ3n) is 3.54. The second-order valence-corrected chi connectivity index (χ2v) is 7.02. The smallest absolute Gasteiger partial charge is 0.237 e. The highest BCUT2D eigenvalue weighted by molar-refractivity contribution is 8.00. The Balaban J connectivity index is 1.72. The number of nitrogens with zero attached hydrogens (tertiary/aromatic N) is 4. The monoisotopic (exact) mass is 389 g/mol. The van der Waals surface area contributed by atoms with E-state index in [0.717, 1.165) is 11.4 Å². The van der Waals surface area contributed by atoms with E-state index in [1.165, 1.54) is 11.8 Å². The number of hydrogen-bond acceptors (Lipinski definition) is 6. The van der Waals surface area contributed by atoms with Gasteiger partial charge in [-0.05, 0) is 53.7 Å². The lowest BCUT2D eigenvalue weighted by molar-refractivity contribution is -0.115. The molecule has 0 aliphatic rings. The second-order valence-electron chi connectivity index (χ2n) is 5.30. The van der Waals surface area contributed by atoms with Gasteiger partial charge in [-0.1, -0.05) is 35.5 Å². The van der Waals surface area contributed by atoms with E-state index < -0.39 is 5.25 Å². The molecule has 1 N–H and O–H groups in total. The van der Waals surface area contributed by atoms with Crippen LogP contribution in [0.15, 0.2) is 53.7 Å². The summed E-state index contributed by atoms with van der Waals surface area (Å²) in [6.45, 7) is 1.78. The van der Waals surface area contributed by atoms with Gasteiger partial charge in [-0.3, -0.25) is 4.79 Å². The maximum absolute atomic E-state index is 12.4. The molecule has 1 heterocycles. The van der Waals surface area contributed by atoms with Gasteiger partial charge < -0.3 is 10.1 Å². The zero-order valence-electron chi connectivity index (χ0n) is 14.1. The van der Waals surface area contributed by atoms with Gasteiger partial charge in [-0.25, -0.2) is 0 Å². The van der Waals surface area contributed by atoms with Crippen LogP contribution in [-0.4, -0.2) is 38.5 Å². The van der Waals surface area contributed by atoms with Gasteiger partial charge in [0, 0.05) is 0 Å². The molecule has 0 saturated heterocycles. The van der Waals surface area contributed by atoms with Gasteiger partial charge in [0.05, 0.1) is 28.8 Å². The van der Waals surface area contributed by atoms with Crippen molar-refractivity contribution in [3.63, 3.8) is 0 Å². The van der Waals surface area contributed by atoms with Gasteiger partial charge in [0.25, 0.3) is 0 Å². The number of tetrazole rings is 1. The number of carbonyl (C=O) groups excluding carboxylic acids is 1. The van der Waals surface area contributed by atoms with Crippen LogP contribution in [0.2, 0.25) is 5.02 Å². The second kappa shape index (κ2) is 8.20. The summed E-state index contributed by atoms with van der Waals surface area (Å²) in [5.74, 6) is 0.552. The number of para-hydroxylation sites is 1. The van der Waals surface area contributed by atoms with E-state index in [1.54, 1.807) is 36.9 Å². The maximum atomic E-state index is 12.4. The molecule has 0 bridgehead atoms. The number of hydrogen-bond donors (Lipinski definition) is 1. The fourth-order valence-corrected chi connectivity index (χ4v) is 3.14. The topological polar surface area (TPSA) is 81.9 Å². The Bertz CT molecular complexity index is 900. The molecule has 0 fully saturated rings. The number of nitrogens with one attached hydrogen (secondary N) is 1. The summed E-state index contributed by atoms with van der Waals surface area (Å²) in [6, 6.07) is 14.4. The highest BCUT2D eigenvalue weighted by Crippen LogP contribution is 2.26. The predicted molar refractivity (Wildman–Crippen MR) is 101 cm³/mol. The number of halogens is 1. The first-order chi connectivity index (χ1) is 12.6. The van der Waals surface area contributed by atoms with E-state index >= 15 is 0 Å². The average Bonchev–Trinajstić information content (AvgIpc) is 3.11. The Morgan fingerprint density at radius 1 is 1.23 bits per heavy atom. The lowest BCUT2D eigenvalue weighted by Gasteiger charge is -2.12. The van der Waals surface area contributed by atoms with Gasteiger partial charge in [-0.2, -0.15) is 4.68 Å². The maximum Gasteiger partial charge on any atom is 0.237 e. The molecule has 1 atom stereocenters. The van der Waals surface area contributed by atoms with Crippen molar-refractivity contribution in [3.05, 3.63) is 53.6 Å². The van der Waals surface area contributed by atoms with E-state index in [9.17, 15) is 4.79 Å². The molecule has 0 saturated carbocycles. The molecule has 2 aromatic carbocycles. The van der Waals surface area contributed by atoms with E-state index in [2.05, 4.69) is 20.8 Å². The quantitative estimate of drug-likeness (QED) is 0.650. The van der Waals surface area contributed by atoms with Crippen molar-refractivity contribution in [2.24, 2.45) is 0 Å². The van der Waals surface area contributed by atoms with Gasteiger partial charge in [0.2, 0.25) is 11.1 Å². The lowest BCUT2D eigenvalue weighted by Crippen LogP contribution is -2.23. The van der Waals surface area contributed by atoms with Crippen molar-refractivity contribution in [2.45, 2.75) is 17.3 Å². The minimum atomic E-state index is -0.422. The molecule has 1 amide bonds. The lowest BCUT2D eigenvalue weighted by atomic mass is 10.3. The normalized spacial score (nSPS) is 11.8. The SMILES string of the molecule is COc1ccc(-n2nnnc2SC(C)C(=O)Nc2ccccc2Cl)cc1. The van der Waals surface area contributed by atoms with Crippen LogP contribution in [0.1, 0.15) is 6.92 Å². The van der Waals surface area contributed by atoms with Crippen LogP contribution >= 0.6 is 23.4 Å². The summed E-state index contributed by atoms with van der Waals surface area (Å²) in [6.07, 6.45) is 0. The third kappa shape index (κ3) is 4.14. The van der Waals surface area contributed by atoms with Crippen molar-refractivity contribution in [1.82, 2.24) is 20.2 Å². The standard InChI is InChI=1S/C17H16ClN5O2S/c1-11(16(24)19-15-6-4-3-5-14(15)18)26-17-20-21-22-23(17)12-7-9-13(25-2)10-8-12/h3-11H,1-2H3,(H,19,24). The molecule has 9 heteroatoms. The van der Waals surface area contributed by atoms with Crippen molar-refractivity contribution in [3.8, 4) is 11.4 Å². The Hall–Kier alpha value is -2.58. The fraction of sp³-hybridized carbons (Fsp3) is 0.176. The van der Waals surface area contributed by atoms with Crippen molar-refractivity contribution in [1.29, 1.82) is 0 Å². The number of benzene rings is 2. The molecule has 0 spiro atoms. The predicted octanol–water partition coefficient (Wildman–Crippen LogP) is 3.44. The van der Waals surface area contributed by atoms with Crippen LogP contribution in [0.5, 0.6) is 5.75 Å². The first-order valence-corrected chi connectivity index (χ1v) is 8.99. The number of methoxy groups -OCH3 is 1. The summed E-state index contributed by atoms with van der Waals surface area (Å²) in [5, 5.41) is 15.1. The molecule has 26 heavy (non-hydrogen) atoms. The number of rotatable bonds is 6. The molecular weight excluding hydrogens is 374 g/mol. The average molecular weight is 390 g/mol. The van der Waals surface area contributed by atoms with Crippen LogP contribution in [0.4, 0.5) is 5.69 Å². The first kappa shape index (κ1) is 18.2. The Labute approximate surface area is 159 Å². The summed E-state index contributed by atoms with van der Waals surface area (Å²) in [5.41, 5.74) is 1.35. The zero-order valence-corrected chi connectivity index (χ0v) is 15.7. The molecule has 134 valence electrons. The summed E-state index contributed by atoms with van der Waals surface area (Å²) in [7, 11) is 1.60. The van der Waals surface area contributed by atoms with Crippen molar-refractivity contribution >= 4 is 35.0 Å². The van der Waals surface area contributed by atoms with Crippen molar-refractivity contribution in [2.75, 3.05) is 12.4 Å². The first-order valence-electron chi connectivity index (χ1n) is 7.73. The molecule has 1 unspecified atom stereocenters. The van der Waals surface area contributed by atoms with Gasteiger partial charge in [0.1, 0.15) is 5.75 Å². The highest BCUT2D eigenvalue weighted by atomic mass is 35.5. The zero-order chi connectivity index (χ0) is 18.5. The summed E-state index contributed by atoms with van der Waals surface area (Å²) >= 11 is 7.33. The molecule has 3 rings (SSSR count). The molecule has 0 aliphatic heterocycles. The van der Waals surface area contributed by atoms with Gasteiger partial charge >= 0.3 is 0 Å². The fourth-order valence-electron chi connectivity index (χ4n) is 2.15. The number of aromatic nitrogens is 4. The minimum absolute atomic E-state index is 0.188. The molecular formula is C17H16ClN5O2S. The molecule has 1 aromatic heterocycles. The number of carbonyl (C=O) groups is 1. The minimum Gasteiger partial charge on any atom is -0.497 e. The number of amides is 1.